The van der Waals surface area contributed by atoms with E-state index < -0.39 is 0 Å². The molecule has 0 aromatic carbocycles. The SMILES string of the molecule is CC(C)(C)C1CCN(CCN2CCCNCC2)CC1. The Balaban J connectivity index is 1.65. The van der Waals surface area contributed by atoms with Crippen molar-refractivity contribution in [2.24, 2.45) is 11.3 Å². The minimum absolute atomic E-state index is 0.503. The van der Waals surface area contributed by atoms with Crippen LogP contribution in [-0.2, 0) is 0 Å². The van der Waals surface area contributed by atoms with Gasteiger partial charge in [0.25, 0.3) is 0 Å². The Morgan fingerprint density at radius 1 is 0.895 bits per heavy atom. The molecule has 0 amide bonds. The van der Waals surface area contributed by atoms with Gasteiger partial charge >= 0.3 is 0 Å². The van der Waals surface area contributed by atoms with Crippen LogP contribution in [0.4, 0.5) is 0 Å². The highest BCUT2D eigenvalue weighted by Crippen LogP contribution is 2.34. The second-order valence-corrected chi connectivity index (χ2v) is 7.43. The number of hydrogen-bond acceptors (Lipinski definition) is 3. The number of nitrogens with zero attached hydrogens (tertiary/aromatic N) is 2. The van der Waals surface area contributed by atoms with E-state index in [0.29, 0.717) is 5.41 Å². The summed E-state index contributed by atoms with van der Waals surface area (Å²) in [6, 6.07) is 0. The third-order valence-corrected chi connectivity index (χ3v) is 4.98. The van der Waals surface area contributed by atoms with Crippen LogP contribution in [-0.4, -0.2) is 62.2 Å². The molecule has 0 spiro atoms. The normalized spacial score (nSPS) is 25.4. The van der Waals surface area contributed by atoms with Gasteiger partial charge in [-0.25, -0.2) is 0 Å². The van der Waals surface area contributed by atoms with Gasteiger partial charge in [-0.1, -0.05) is 20.8 Å². The van der Waals surface area contributed by atoms with E-state index in [1.807, 2.05) is 0 Å². The van der Waals surface area contributed by atoms with Crippen LogP contribution in [0, 0.1) is 11.3 Å². The molecule has 0 unspecified atom stereocenters. The smallest absolute Gasteiger partial charge is 0.0110 e. The molecular weight excluding hydrogens is 234 g/mol. The van der Waals surface area contributed by atoms with E-state index in [1.54, 1.807) is 0 Å². The van der Waals surface area contributed by atoms with E-state index in [9.17, 15) is 0 Å². The lowest BCUT2D eigenvalue weighted by Gasteiger charge is -2.39. The van der Waals surface area contributed by atoms with E-state index in [1.165, 1.54) is 71.6 Å². The molecule has 1 N–H and O–H groups in total. The molecule has 0 radical (unpaired) electrons. The first-order chi connectivity index (χ1) is 9.05. The fraction of sp³-hybridized carbons (Fsp3) is 1.00. The van der Waals surface area contributed by atoms with Gasteiger partial charge in [-0.3, -0.25) is 0 Å². The van der Waals surface area contributed by atoms with Gasteiger partial charge < -0.3 is 15.1 Å². The molecule has 2 heterocycles. The molecule has 2 rings (SSSR count). The summed E-state index contributed by atoms with van der Waals surface area (Å²) in [7, 11) is 0. The molecule has 0 aliphatic carbocycles. The summed E-state index contributed by atoms with van der Waals surface area (Å²) in [6.07, 6.45) is 4.10. The fourth-order valence-electron chi connectivity index (χ4n) is 3.43. The van der Waals surface area contributed by atoms with Gasteiger partial charge in [-0.05, 0) is 56.8 Å². The van der Waals surface area contributed by atoms with Crippen LogP contribution in [0.1, 0.15) is 40.0 Å². The molecule has 2 aliphatic heterocycles. The molecule has 0 aromatic rings. The Morgan fingerprint density at radius 2 is 1.53 bits per heavy atom. The van der Waals surface area contributed by atoms with Crippen LogP contribution in [0.2, 0.25) is 0 Å². The zero-order chi connectivity index (χ0) is 13.7. The maximum atomic E-state index is 3.48. The van der Waals surface area contributed by atoms with Gasteiger partial charge in [0.2, 0.25) is 0 Å². The topological polar surface area (TPSA) is 18.5 Å². The molecule has 0 saturated carbocycles. The number of nitrogens with one attached hydrogen (secondary N) is 1. The van der Waals surface area contributed by atoms with Gasteiger partial charge in [-0.15, -0.1) is 0 Å². The van der Waals surface area contributed by atoms with Crippen molar-refractivity contribution in [3.05, 3.63) is 0 Å². The zero-order valence-electron chi connectivity index (χ0n) is 13.2. The van der Waals surface area contributed by atoms with Crippen molar-refractivity contribution in [1.82, 2.24) is 15.1 Å². The lowest BCUT2D eigenvalue weighted by atomic mass is 9.75. The average Bonchev–Trinajstić information content (AvgIpc) is 2.64. The molecule has 3 nitrogen and oxygen atoms in total. The van der Waals surface area contributed by atoms with Crippen molar-refractivity contribution in [3.8, 4) is 0 Å². The third kappa shape index (κ3) is 5.05. The van der Waals surface area contributed by atoms with Crippen LogP contribution >= 0.6 is 0 Å². The molecule has 0 aromatic heterocycles. The van der Waals surface area contributed by atoms with E-state index in [-0.39, 0.29) is 0 Å². The molecule has 3 heteroatoms. The van der Waals surface area contributed by atoms with Gasteiger partial charge in [0.1, 0.15) is 0 Å². The second-order valence-electron chi connectivity index (χ2n) is 7.43. The summed E-state index contributed by atoms with van der Waals surface area (Å²) in [5.41, 5.74) is 0.503. The van der Waals surface area contributed by atoms with Crippen molar-refractivity contribution in [2.45, 2.75) is 40.0 Å². The predicted octanol–water partition coefficient (Wildman–Crippen LogP) is 2.04. The summed E-state index contributed by atoms with van der Waals surface area (Å²) in [5, 5.41) is 3.48. The fourth-order valence-corrected chi connectivity index (χ4v) is 3.43. The lowest BCUT2D eigenvalue weighted by Crippen LogP contribution is -2.42. The predicted molar refractivity (Wildman–Crippen MR) is 82.5 cm³/mol. The average molecular weight is 267 g/mol. The van der Waals surface area contributed by atoms with Gasteiger partial charge in [0.15, 0.2) is 0 Å². The Labute approximate surface area is 119 Å². The Hall–Kier alpha value is -0.120. The first-order valence-electron chi connectivity index (χ1n) is 8.21. The second kappa shape index (κ2) is 7.05. The Morgan fingerprint density at radius 3 is 2.16 bits per heavy atom. The van der Waals surface area contributed by atoms with Crippen LogP contribution in [0.25, 0.3) is 0 Å². The van der Waals surface area contributed by atoms with Crippen molar-refractivity contribution >= 4 is 0 Å². The summed E-state index contributed by atoms with van der Waals surface area (Å²) in [4.78, 5) is 5.32. The van der Waals surface area contributed by atoms with Crippen LogP contribution in [0.15, 0.2) is 0 Å². The minimum Gasteiger partial charge on any atom is -0.315 e. The van der Waals surface area contributed by atoms with E-state index >= 15 is 0 Å². The largest absolute Gasteiger partial charge is 0.315 e. The van der Waals surface area contributed by atoms with Crippen LogP contribution in [0.3, 0.4) is 0 Å². The van der Waals surface area contributed by atoms with E-state index in [2.05, 4.69) is 35.9 Å². The molecular formula is C16H33N3. The number of rotatable bonds is 3. The quantitative estimate of drug-likeness (QED) is 0.844. The van der Waals surface area contributed by atoms with Crippen LogP contribution in [0.5, 0.6) is 0 Å². The van der Waals surface area contributed by atoms with Gasteiger partial charge in [0, 0.05) is 26.2 Å². The molecule has 0 atom stereocenters. The lowest BCUT2D eigenvalue weighted by molar-refractivity contribution is 0.103. The standard InChI is InChI=1S/C16H33N3/c1-16(2,3)15-5-10-19(11-6-15)14-13-18-9-4-7-17-8-12-18/h15,17H,4-14H2,1-3H3. The van der Waals surface area contributed by atoms with Crippen molar-refractivity contribution in [2.75, 3.05) is 52.4 Å². The first kappa shape index (κ1) is 15.3. The van der Waals surface area contributed by atoms with E-state index in [0.717, 1.165) is 5.92 Å². The Kier molecular flexibility index (Phi) is 5.67. The van der Waals surface area contributed by atoms with Gasteiger partial charge in [-0.2, -0.15) is 0 Å². The summed E-state index contributed by atoms with van der Waals surface area (Å²) in [5.74, 6) is 0.922. The molecule has 2 aliphatic rings. The highest BCUT2D eigenvalue weighted by atomic mass is 15.2. The monoisotopic (exact) mass is 267 g/mol. The molecule has 19 heavy (non-hydrogen) atoms. The molecule has 2 saturated heterocycles. The maximum Gasteiger partial charge on any atom is 0.0110 e. The van der Waals surface area contributed by atoms with Gasteiger partial charge in [0.05, 0.1) is 0 Å². The number of hydrogen-bond donors (Lipinski definition) is 1. The molecule has 112 valence electrons. The number of likely N-dealkylation sites (tertiary alicyclic amines) is 1. The first-order valence-corrected chi connectivity index (χ1v) is 8.21. The maximum absolute atomic E-state index is 3.48. The highest BCUT2D eigenvalue weighted by molar-refractivity contribution is 4.81. The highest BCUT2D eigenvalue weighted by Gasteiger charge is 2.28. The summed E-state index contributed by atoms with van der Waals surface area (Å²) in [6.45, 7) is 17.3. The Bertz CT molecular complexity index is 243. The summed E-state index contributed by atoms with van der Waals surface area (Å²) < 4.78 is 0. The third-order valence-electron chi connectivity index (χ3n) is 4.98. The van der Waals surface area contributed by atoms with Crippen LogP contribution < -0.4 is 5.32 Å². The molecule has 0 bridgehead atoms. The van der Waals surface area contributed by atoms with Crippen molar-refractivity contribution in [1.29, 1.82) is 0 Å². The van der Waals surface area contributed by atoms with Crippen molar-refractivity contribution < 1.29 is 0 Å². The van der Waals surface area contributed by atoms with E-state index in [4.69, 9.17) is 0 Å². The van der Waals surface area contributed by atoms with Crippen molar-refractivity contribution in [3.63, 3.8) is 0 Å². The zero-order valence-corrected chi connectivity index (χ0v) is 13.2. The summed E-state index contributed by atoms with van der Waals surface area (Å²) >= 11 is 0. The minimum atomic E-state index is 0.503. The molecule has 2 fully saturated rings. The number of piperidine rings is 1.